The number of carbonyl (C=O) groups is 1. The van der Waals surface area contributed by atoms with E-state index in [0.29, 0.717) is 17.2 Å². The van der Waals surface area contributed by atoms with E-state index in [-0.39, 0.29) is 11.8 Å². The molecule has 0 fully saturated rings. The molecule has 1 aromatic carbocycles. The summed E-state index contributed by atoms with van der Waals surface area (Å²) < 4.78 is 29.0. The molecule has 0 saturated heterocycles. The van der Waals surface area contributed by atoms with Crippen molar-refractivity contribution in [3.8, 4) is 0 Å². The molecule has 1 N–H and O–H groups in total. The van der Waals surface area contributed by atoms with Gasteiger partial charge < -0.3 is 14.9 Å². The number of hydroxylamine groups is 2. The Morgan fingerprint density at radius 1 is 1.23 bits per heavy atom. The first-order chi connectivity index (χ1) is 13.8. The SMILES string of the molecule is CCOC(=S)ON(C)C(=O)C(C)Nc1c([N+](=O)[O-])cc(S(=O)(=O)CC)cc1[N+](=O)[O-]. The number of thiocarbonyl (C=S) groups is 1. The smallest absolute Gasteiger partial charge is 0.377 e. The van der Waals surface area contributed by atoms with Gasteiger partial charge in [-0.2, -0.15) is 5.06 Å². The minimum atomic E-state index is -3.96. The van der Waals surface area contributed by atoms with E-state index in [1.54, 1.807) is 6.92 Å². The number of nitro groups is 2. The molecule has 0 aromatic heterocycles. The number of hydrogen-bond donors (Lipinski definition) is 1. The quantitative estimate of drug-likeness (QED) is 0.338. The van der Waals surface area contributed by atoms with E-state index in [1.165, 1.54) is 20.9 Å². The Hall–Kier alpha value is -3.07. The van der Waals surface area contributed by atoms with E-state index < -0.39 is 59.3 Å². The third-order valence-electron chi connectivity index (χ3n) is 3.72. The van der Waals surface area contributed by atoms with Crippen LogP contribution in [0.25, 0.3) is 0 Å². The average molecular weight is 464 g/mol. The van der Waals surface area contributed by atoms with Gasteiger partial charge >= 0.3 is 16.6 Å². The van der Waals surface area contributed by atoms with Crippen LogP contribution in [0.1, 0.15) is 20.8 Å². The monoisotopic (exact) mass is 464 g/mol. The van der Waals surface area contributed by atoms with Crippen molar-refractivity contribution in [3.05, 3.63) is 32.4 Å². The summed E-state index contributed by atoms with van der Waals surface area (Å²) in [4.78, 5) is 37.7. The number of carbonyl (C=O) groups excluding carboxylic acids is 1. The van der Waals surface area contributed by atoms with Crippen LogP contribution in [0, 0.1) is 20.2 Å². The van der Waals surface area contributed by atoms with Crippen molar-refractivity contribution in [1.29, 1.82) is 0 Å². The van der Waals surface area contributed by atoms with Gasteiger partial charge in [0.05, 0.1) is 27.1 Å². The lowest BCUT2D eigenvalue weighted by atomic mass is 10.2. The molecule has 0 aliphatic carbocycles. The lowest BCUT2D eigenvalue weighted by Crippen LogP contribution is -2.40. The van der Waals surface area contributed by atoms with Gasteiger partial charge in [-0.15, -0.1) is 0 Å². The number of likely N-dealkylation sites (N-methyl/N-ethyl adjacent to an activating group) is 1. The van der Waals surface area contributed by atoms with Crippen molar-refractivity contribution < 1.29 is 32.6 Å². The third-order valence-corrected chi connectivity index (χ3v) is 5.62. The van der Waals surface area contributed by atoms with Gasteiger partial charge in [-0.25, -0.2) is 8.42 Å². The van der Waals surface area contributed by atoms with E-state index in [1.807, 2.05) is 0 Å². The highest BCUT2D eigenvalue weighted by Gasteiger charge is 2.33. The molecule has 0 bridgehead atoms. The van der Waals surface area contributed by atoms with Crippen molar-refractivity contribution in [3.63, 3.8) is 0 Å². The molecule has 15 heteroatoms. The van der Waals surface area contributed by atoms with Gasteiger partial charge in [0.15, 0.2) is 15.5 Å². The summed E-state index contributed by atoms with van der Waals surface area (Å²) >= 11 is 4.74. The minimum absolute atomic E-state index is 0.195. The Morgan fingerprint density at radius 2 is 1.73 bits per heavy atom. The number of ether oxygens (including phenoxy) is 1. The number of benzene rings is 1. The molecule has 0 heterocycles. The predicted molar refractivity (Wildman–Crippen MR) is 109 cm³/mol. The number of anilines is 1. The van der Waals surface area contributed by atoms with Gasteiger partial charge in [-0.1, -0.05) is 6.92 Å². The first-order valence-electron chi connectivity index (χ1n) is 8.44. The molecular weight excluding hydrogens is 444 g/mol. The molecule has 0 aliphatic rings. The fourth-order valence-corrected chi connectivity index (χ4v) is 3.37. The van der Waals surface area contributed by atoms with Crippen molar-refractivity contribution in [2.24, 2.45) is 0 Å². The van der Waals surface area contributed by atoms with E-state index in [4.69, 9.17) is 21.8 Å². The second-order valence-corrected chi connectivity index (χ2v) is 8.34. The summed E-state index contributed by atoms with van der Waals surface area (Å²) in [5.41, 5.74) is -2.37. The molecule has 1 amide bonds. The van der Waals surface area contributed by atoms with Crippen LogP contribution in [0.15, 0.2) is 17.0 Å². The van der Waals surface area contributed by atoms with Gasteiger partial charge in [0.1, 0.15) is 6.04 Å². The Kier molecular flexibility index (Phi) is 8.41. The molecule has 0 radical (unpaired) electrons. The van der Waals surface area contributed by atoms with Gasteiger partial charge in [-0.3, -0.25) is 25.0 Å². The second kappa shape index (κ2) is 10.1. The molecule has 0 aliphatic heterocycles. The van der Waals surface area contributed by atoms with Crippen LogP contribution in [0.5, 0.6) is 0 Å². The van der Waals surface area contributed by atoms with Crippen molar-refractivity contribution in [1.82, 2.24) is 5.06 Å². The lowest BCUT2D eigenvalue weighted by Gasteiger charge is -2.22. The first-order valence-corrected chi connectivity index (χ1v) is 10.5. The van der Waals surface area contributed by atoms with Crippen LogP contribution in [-0.4, -0.2) is 59.9 Å². The summed E-state index contributed by atoms with van der Waals surface area (Å²) in [6.45, 7) is 4.40. The largest absolute Gasteiger partial charge is 0.456 e. The van der Waals surface area contributed by atoms with Crippen molar-refractivity contribution in [2.45, 2.75) is 31.7 Å². The van der Waals surface area contributed by atoms with Crippen molar-refractivity contribution in [2.75, 3.05) is 24.7 Å². The summed E-state index contributed by atoms with van der Waals surface area (Å²) in [7, 11) is -2.76. The predicted octanol–water partition coefficient (Wildman–Crippen LogP) is 1.81. The second-order valence-electron chi connectivity index (χ2n) is 5.73. The summed E-state index contributed by atoms with van der Waals surface area (Å²) in [5, 5.41) is 25.7. The highest BCUT2D eigenvalue weighted by Crippen LogP contribution is 2.38. The third kappa shape index (κ3) is 5.96. The Balaban J connectivity index is 3.36. The molecule has 0 saturated carbocycles. The zero-order chi connectivity index (χ0) is 23.2. The summed E-state index contributed by atoms with van der Waals surface area (Å²) in [6, 6.07) is 0.163. The zero-order valence-electron chi connectivity index (χ0n) is 16.5. The van der Waals surface area contributed by atoms with Crippen LogP contribution in [0.3, 0.4) is 0 Å². The summed E-state index contributed by atoms with van der Waals surface area (Å²) in [6.07, 6.45) is 0. The number of amides is 1. The van der Waals surface area contributed by atoms with E-state index in [2.05, 4.69) is 5.32 Å². The standard InChI is InChI=1S/C15H20N4O9S2/c1-5-27-15(29)28-17(4)14(20)9(3)16-13-11(18(21)22)7-10(30(25,26)6-2)8-12(13)19(23)24/h7-9,16H,5-6H2,1-4H3. The van der Waals surface area contributed by atoms with Crippen LogP contribution in [0.2, 0.25) is 0 Å². The molecule has 1 rings (SSSR count). The maximum absolute atomic E-state index is 12.4. The number of nitrogens with one attached hydrogen (secondary N) is 1. The Bertz CT molecular complexity index is 930. The number of rotatable bonds is 8. The van der Waals surface area contributed by atoms with Gasteiger partial charge in [0.2, 0.25) is 0 Å². The van der Waals surface area contributed by atoms with Gasteiger partial charge in [0.25, 0.3) is 5.91 Å². The van der Waals surface area contributed by atoms with Crippen LogP contribution in [-0.2, 0) is 24.2 Å². The molecule has 1 atom stereocenters. The molecule has 1 aromatic rings. The molecular formula is C15H20N4O9S2. The number of sulfone groups is 1. The van der Waals surface area contributed by atoms with E-state index in [0.717, 1.165) is 0 Å². The first kappa shape index (κ1) is 25.0. The highest BCUT2D eigenvalue weighted by molar-refractivity contribution is 7.91. The number of hydrogen-bond acceptors (Lipinski definition) is 11. The molecule has 30 heavy (non-hydrogen) atoms. The maximum Gasteiger partial charge on any atom is 0.377 e. The molecule has 0 spiro atoms. The van der Waals surface area contributed by atoms with Gasteiger partial charge in [-0.05, 0) is 13.8 Å². The van der Waals surface area contributed by atoms with E-state index in [9.17, 15) is 33.4 Å². The highest BCUT2D eigenvalue weighted by atomic mass is 32.2. The number of nitro benzene ring substituents is 2. The fourth-order valence-electron chi connectivity index (χ4n) is 2.22. The zero-order valence-corrected chi connectivity index (χ0v) is 18.1. The van der Waals surface area contributed by atoms with Gasteiger partial charge in [0, 0.05) is 31.4 Å². The summed E-state index contributed by atoms with van der Waals surface area (Å²) in [5.74, 6) is -1.20. The Labute approximate surface area is 177 Å². The van der Waals surface area contributed by atoms with Crippen LogP contribution < -0.4 is 5.32 Å². The minimum Gasteiger partial charge on any atom is -0.456 e. The fraction of sp³-hybridized carbons (Fsp3) is 0.467. The normalized spacial score (nSPS) is 11.9. The molecule has 13 nitrogen and oxygen atoms in total. The molecule has 1 unspecified atom stereocenters. The van der Waals surface area contributed by atoms with Crippen molar-refractivity contribution >= 4 is 50.3 Å². The van der Waals surface area contributed by atoms with Crippen LogP contribution in [0.4, 0.5) is 17.1 Å². The topological polar surface area (TPSA) is 171 Å². The number of nitrogens with zero attached hydrogens (tertiary/aromatic N) is 3. The van der Waals surface area contributed by atoms with E-state index >= 15 is 0 Å². The average Bonchev–Trinajstić information content (AvgIpc) is 2.66. The maximum atomic E-state index is 12.4. The Morgan fingerprint density at radius 3 is 2.13 bits per heavy atom. The van der Waals surface area contributed by atoms with Crippen LogP contribution >= 0.6 is 12.2 Å². The molecule has 166 valence electrons. The lowest BCUT2D eigenvalue weighted by molar-refractivity contribution is -0.392.